The zero-order valence-electron chi connectivity index (χ0n) is 21.1. The van der Waals surface area contributed by atoms with Crippen LogP contribution in [0.4, 0.5) is 5.69 Å². The summed E-state index contributed by atoms with van der Waals surface area (Å²) < 4.78 is 9.25. The Morgan fingerprint density at radius 1 is 1.14 bits per heavy atom. The van der Waals surface area contributed by atoms with E-state index in [4.69, 9.17) is 9.73 Å². The molecule has 9 heteroatoms. The van der Waals surface area contributed by atoms with Gasteiger partial charge in [0.1, 0.15) is 5.75 Å². The summed E-state index contributed by atoms with van der Waals surface area (Å²) in [5.41, 5.74) is 3.90. The highest BCUT2D eigenvalue weighted by atomic mass is 32.1. The van der Waals surface area contributed by atoms with Gasteiger partial charge in [-0.25, -0.2) is 4.99 Å². The Morgan fingerprint density at radius 2 is 1.89 bits per heavy atom. The molecule has 1 amide bonds. The number of para-hydroxylation sites is 1. The second-order valence-electron chi connectivity index (χ2n) is 8.72. The van der Waals surface area contributed by atoms with Gasteiger partial charge in [0.05, 0.1) is 34.6 Å². The highest BCUT2D eigenvalue weighted by Gasteiger charge is 2.32. The predicted octanol–water partition coefficient (Wildman–Crippen LogP) is 3.41. The molecular weight excluding hydrogens is 486 g/mol. The van der Waals surface area contributed by atoms with E-state index < -0.39 is 6.04 Å². The number of nitrogens with zero attached hydrogens (tertiary/aromatic N) is 4. The lowest BCUT2D eigenvalue weighted by Gasteiger charge is -2.25. The van der Waals surface area contributed by atoms with Crippen molar-refractivity contribution in [2.24, 2.45) is 4.99 Å². The molecule has 3 heterocycles. The number of aromatic nitrogens is 3. The molecule has 0 saturated heterocycles. The Kier molecular flexibility index (Phi) is 6.62. The smallest absolute Gasteiger partial charge is 0.271 e. The molecule has 5 rings (SSSR count). The van der Waals surface area contributed by atoms with E-state index >= 15 is 0 Å². The first kappa shape index (κ1) is 24.5. The van der Waals surface area contributed by atoms with Crippen molar-refractivity contribution in [3.05, 3.63) is 109 Å². The third-order valence-corrected chi connectivity index (χ3v) is 7.34. The second-order valence-corrected chi connectivity index (χ2v) is 9.73. The van der Waals surface area contributed by atoms with Crippen molar-refractivity contribution >= 4 is 29.0 Å². The van der Waals surface area contributed by atoms with Gasteiger partial charge in [0.15, 0.2) is 4.80 Å². The summed E-state index contributed by atoms with van der Waals surface area (Å²) >= 11 is 1.29. The van der Waals surface area contributed by atoms with Crippen LogP contribution >= 0.6 is 11.3 Å². The summed E-state index contributed by atoms with van der Waals surface area (Å²) in [5, 5.41) is 7.51. The van der Waals surface area contributed by atoms with Crippen molar-refractivity contribution in [2.75, 3.05) is 12.4 Å². The van der Waals surface area contributed by atoms with Crippen LogP contribution in [0.25, 0.3) is 6.08 Å². The number of amides is 1. The molecular formula is C28H27N5O3S. The Labute approximate surface area is 217 Å². The number of anilines is 1. The van der Waals surface area contributed by atoms with Crippen molar-refractivity contribution in [3.8, 4) is 5.75 Å². The van der Waals surface area contributed by atoms with Gasteiger partial charge in [0, 0.05) is 18.4 Å². The summed E-state index contributed by atoms with van der Waals surface area (Å²) in [6.45, 7) is 6.49. The van der Waals surface area contributed by atoms with Crippen LogP contribution in [0.3, 0.4) is 0 Å². The van der Waals surface area contributed by atoms with Crippen molar-refractivity contribution in [2.45, 2.75) is 33.4 Å². The lowest BCUT2D eigenvalue weighted by molar-refractivity contribution is -0.113. The van der Waals surface area contributed by atoms with E-state index in [1.165, 1.54) is 11.3 Å². The first-order valence-corrected chi connectivity index (χ1v) is 12.8. The van der Waals surface area contributed by atoms with Crippen molar-refractivity contribution in [3.63, 3.8) is 0 Å². The Hall–Kier alpha value is -4.24. The Balaban J connectivity index is 1.66. The number of carbonyl (C=O) groups is 1. The molecule has 1 aliphatic rings. The zero-order chi connectivity index (χ0) is 26.1. The average molecular weight is 514 g/mol. The van der Waals surface area contributed by atoms with Crippen molar-refractivity contribution in [1.29, 1.82) is 0 Å². The maximum absolute atomic E-state index is 13.8. The lowest BCUT2D eigenvalue weighted by Crippen LogP contribution is -2.40. The van der Waals surface area contributed by atoms with E-state index in [1.54, 1.807) is 22.4 Å². The normalized spacial score (nSPS) is 15.4. The first-order valence-electron chi connectivity index (χ1n) is 12.0. The largest absolute Gasteiger partial charge is 0.497 e. The van der Waals surface area contributed by atoms with Crippen LogP contribution in [-0.2, 0) is 11.3 Å². The number of hydrogen-bond acceptors (Lipinski definition) is 6. The quantitative estimate of drug-likeness (QED) is 0.428. The molecule has 0 bridgehead atoms. The maximum atomic E-state index is 13.8. The number of rotatable bonds is 6. The molecule has 0 saturated carbocycles. The lowest BCUT2D eigenvalue weighted by atomic mass is 9.95. The number of thiazole rings is 1. The van der Waals surface area contributed by atoms with Gasteiger partial charge in [-0.1, -0.05) is 41.7 Å². The molecule has 1 unspecified atom stereocenters. The maximum Gasteiger partial charge on any atom is 0.271 e. The fraction of sp³-hybridized carbons (Fsp3) is 0.214. The number of ether oxygens (including phenoxy) is 1. The van der Waals surface area contributed by atoms with Gasteiger partial charge in [-0.05, 0) is 62.2 Å². The summed E-state index contributed by atoms with van der Waals surface area (Å²) in [6, 6.07) is 16.2. The number of benzene rings is 2. The molecule has 8 nitrogen and oxygen atoms in total. The number of nitrogens with one attached hydrogen (secondary N) is 1. The van der Waals surface area contributed by atoms with Gasteiger partial charge in [0.25, 0.3) is 11.5 Å². The minimum Gasteiger partial charge on any atom is -0.497 e. The summed E-state index contributed by atoms with van der Waals surface area (Å²) in [4.78, 5) is 32.7. The summed E-state index contributed by atoms with van der Waals surface area (Å²) in [5.74, 6) is 0.390. The SMILES string of the molecule is CCn1ccc(C=c2sc3n(c2=O)C(c2ccc(OC)cc2)C(C(=O)Nc2ccccc2C)=C(C)N=3)n1. The molecule has 0 spiro atoms. The van der Waals surface area contributed by atoms with Gasteiger partial charge < -0.3 is 10.1 Å². The van der Waals surface area contributed by atoms with Crippen molar-refractivity contribution < 1.29 is 9.53 Å². The predicted molar refractivity (Wildman–Crippen MR) is 144 cm³/mol. The first-order chi connectivity index (χ1) is 17.9. The molecule has 0 aliphatic carbocycles. The number of carbonyl (C=O) groups excluding carboxylic acids is 1. The standard InChI is InChI=1S/C28H27N5O3S/c1-5-32-15-14-20(31-32)16-23-27(35)33-25(19-10-12-21(36-4)13-11-19)24(18(3)29-28(33)37-23)26(34)30-22-9-7-6-8-17(22)2/h6-16,25H,5H2,1-4H3,(H,30,34). The van der Waals surface area contributed by atoms with Gasteiger partial charge >= 0.3 is 0 Å². The minimum atomic E-state index is -0.651. The van der Waals surface area contributed by atoms with Gasteiger partial charge in [-0.3, -0.25) is 18.8 Å². The van der Waals surface area contributed by atoms with Crippen molar-refractivity contribution in [1.82, 2.24) is 14.3 Å². The average Bonchev–Trinajstić information content (AvgIpc) is 3.48. The molecule has 0 fully saturated rings. The topological polar surface area (TPSA) is 90.5 Å². The number of allylic oxidation sites excluding steroid dienone is 1. The monoisotopic (exact) mass is 513 g/mol. The number of methoxy groups -OCH3 is 1. The molecule has 1 atom stereocenters. The van der Waals surface area contributed by atoms with E-state index in [1.807, 2.05) is 81.6 Å². The third kappa shape index (κ3) is 4.65. The van der Waals surface area contributed by atoms with Crippen LogP contribution < -0.4 is 24.9 Å². The molecule has 37 heavy (non-hydrogen) atoms. The van der Waals surface area contributed by atoms with Gasteiger partial charge in [-0.2, -0.15) is 5.10 Å². The highest BCUT2D eigenvalue weighted by molar-refractivity contribution is 7.07. The number of hydrogen-bond donors (Lipinski definition) is 1. The summed E-state index contributed by atoms with van der Waals surface area (Å²) in [6.07, 6.45) is 3.65. The number of aryl methyl sites for hydroxylation is 2. The van der Waals surface area contributed by atoms with Crippen LogP contribution in [0.2, 0.25) is 0 Å². The zero-order valence-corrected chi connectivity index (χ0v) is 21.9. The summed E-state index contributed by atoms with van der Waals surface area (Å²) in [7, 11) is 1.60. The molecule has 4 aromatic rings. The van der Waals surface area contributed by atoms with E-state index in [0.29, 0.717) is 37.7 Å². The third-order valence-electron chi connectivity index (χ3n) is 6.36. The molecule has 0 radical (unpaired) electrons. The fourth-order valence-electron chi connectivity index (χ4n) is 4.38. The van der Waals surface area contributed by atoms with E-state index in [-0.39, 0.29) is 11.5 Å². The van der Waals surface area contributed by atoms with Crippen LogP contribution in [0.5, 0.6) is 5.75 Å². The molecule has 1 N–H and O–H groups in total. The van der Waals surface area contributed by atoms with E-state index in [2.05, 4.69) is 10.4 Å². The van der Waals surface area contributed by atoms with E-state index in [0.717, 1.165) is 17.7 Å². The van der Waals surface area contributed by atoms with Crippen LogP contribution in [-0.4, -0.2) is 27.4 Å². The molecule has 1 aliphatic heterocycles. The Morgan fingerprint density at radius 3 is 2.57 bits per heavy atom. The molecule has 2 aromatic carbocycles. The molecule has 2 aromatic heterocycles. The number of fused-ring (bicyclic) bond motifs is 1. The minimum absolute atomic E-state index is 0.218. The molecule has 188 valence electrons. The highest BCUT2D eigenvalue weighted by Crippen LogP contribution is 2.32. The second kappa shape index (κ2) is 10.0. The van der Waals surface area contributed by atoms with Crippen LogP contribution in [0, 0.1) is 6.92 Å². The fourth-order valence-corrected chi connectivity index (χ4v) is 5.41. The van der Waals surface area contributed by atoms with Crippen LogP contribution in [0.15, 0.2) is 81.9 Å². The van der Waals surface area contributed by atoms with Crippen LogP contribution in [0.1, 0.15) is 36.7 Å². The van der Waals surface area contributed by atoms with Gasteiger partial charge in [-0.15, -0.1) is 0 Å². The van der Waals surface area contributed by atoms with Gasteiger partial charge in [0.2, 0.25) is 0 Å². The Bertz CT molecular complexity index is 1690. The van der Waals surface area contributed by atoms with E-state index in [9.17, 15) is 9.59 Å².